The number of amidine groups is 1. The van der Waals surface area contributed by atoms with Gasteiger partial charge in [-0.15, -0.1) is 0 Å². The molecule has 1 unspecified atom stereocenters. The van der Waals surface area contributed by atoms with E-state index in [1.54, 1.807) is 12.1 Å². The summed E-state index contributed by atoms with van der Waals surface area (Å²) in [6.07, 6.45) is 3.38. The molecule has 1 aromatic heterocycles. The Morgan fingerprint density at radius 1 is 1.30 bits per heavy atom. The van der Waals surface area contributed by atoms with Gasteiger partial charge in [0.05, 0.1) is 6.61 Å². The molecular weight excluding hydrogens is 345 g/mol. The Balaban J connectivity index is 1.71. The number of aliphatic imine (C=N–C) groups is 1. The van der Waals surface area contributed by atoms with Crippen LogP contribution in [0.1, 0.15) is 24.5 Å². The Kier molecular flexibility index (Phi) is 3.56. The van der Waals surface area contributed by atoms with Gasteiger partial charge in [0.25, 0.3) is 6.02 Å². The molecule has 0 bridgehead atoms. The highest BCUT2D eigenvalue weighted by Gasteiger charge is 2.57. The van der Waals surface area contributed by atoms with Crippen LogP contribution in [0.3, 0.4) is 0 Å². The molecule has 5 rings (SSSR count). The van der Waals surface area contributed by atoms with Crippen molar-refractivity contribution in [1.29, 1.82) is 0 Å². The van der Waals surface area contributed by atoms with Crippen molar-refractivity contribution in [1.82, 2.24) is 4.98 Å². The number of hydrogen-bond donors (Lipinski definition) is 1. The lowest BCUT2D eigenvalue weighted by Crippen LogP contribution is -2.54. The molecule has 3 atom stereocenters. The van der Waals surface area contributed by atoms with Gasteiger partial charge in [-0.3, -0.25) is 0 Å². The Bertz CT molecular complexity index is 947. The van der Waals surface area contributed by atoms with Crippen LogP contribution in [-0.2, 0) is 21.4 Å². The van der Waals surface area contributed by atoms with Gasteiger partial charge in [-0.1, -0.05) is 19.1 Å². The second kappa shape index (κ2) is 5.76. The first-order valence-electron chi connectivity index (χ1n) is 9.32. The van der Waals surface area contributed by atoms with E-state index in [0.29, 0.717) is 18.8 Å². The van der Waals surface area contributed by atoms with E-state index in [0.717, 1.165) is 30.6 Å². The first-order chi connectivity index (χ1) is 13.0. The van der Waals surface area contributed by atoms with Gasteiger partial charge < -0.3 is 15.2 Å². The van der Waals surface area contributed by atoms with E-state index in [1.165, 1.54) is 11.8 Å². The summed E-state index contributed by atoms with van der Waals surface area (Å²) in [5.74, 6) is -0.305. The quantitative estimate of drug-likeness (QED) is 0.787. The largest absolute Gasteiger partial charge is 0.462 e. The predicted molar refractivity (Wildman–Crippen MR) is 99.6 cm³/mol. The third kappa shape index (κ3) is 2.39. The van der Waals surface area contributed by atoms with E-state index in [1.807, 2.05) is 12.1 Å². The normalized spacial score (nSPS) is 31.8. The Hall–Kier alpha value is -2.47. The maximum Gasteiger partial charge on any atom is 0.283 e. The number of nitrogens with zero attached hydrogens (tertiary/aromatic N) is 2. The first-order valence-corrected chi connectivity index (χ1v) is 9.32. The van der Waals surface area contributed by atoms with E-state index in [-0.39, 0.29) is 17.4 Å². The smallest absolute Gasteiger partial charge is 0.283 e. The van der Waals surface area contributed by atoms with Crippen molar-refractivity contribution in [3.05, 3.63) is 53.6 Å². The average molecular weight is 367 g/mol. The molecule has 2 aliphatic heterocycles. The highest BCUT2D eigenvalue weighted by Crippen LogP contribution is 2.56. The number of nitrogens with two attached hydrogens (primary N) is 1. The fraction of sp³-hybridized carbons (Fsp3) is 0.429. The van der Waals surface area contributed by atoms with Gasteiger partial charge in [-0.05, 0) is 53.1 Å². The van der Waals surface area contributed by atoms with Crippen LogP contribution in [0.2, 0.25) is 0 Å². The van der Waals surface area contributed by atoms with E-state index >= 15 is 0 Å². The van der Waals surface area contributed by atoms with Crippen molar-refractivity contribution in [3.63, 3.8) is 0 Å². The lowest BCUT2D eigenvalue weighted by molar-refractivity contribution is -0.0792. The maximum absolute atomic E-state index is 14.3. The summed E-state index contributed by atoms with van der Waals surface area (Å²) >= 11 is 0. The zero-order valence-electron chi connectivity index (χ0n) is 15.2. The lowest BCUT2D eigenvalue weighted by Gasteiger charge is -2.52. The summed E-state index contributed by atoms with van der Waals surface area (Å²) in [6.45, 7) is 4.09. The average Bonchev–Trinajstić information content (AvgIpc) is 3.04. The third-order valence-electron chi connectivity index (χ3n) is 6.51. The molecule has 3 heterocycles. The number of aromatic nitrogens is 1. The molecular formula is C21H22FN3O2. The van der Waals surface area contributed by atoms with Crippen LogP contribution in [0.25, 0.3) is 11.1 Å². The van der Waals surface area contributed by atoms with Gasteiger partial charge in [-0.2, -0.15) is 4.39 Å². The Labute approximate surface area is 157 Å². The molecule has 0 amide bonds. The first kappa shape index (κ1) is 16.7. The number of hydrogen-bond acceptors (Lipinski definition) is 5. The summed E-state index contributed by atoms with van der Waals surface area (Å²) in [5, 5.41) is 0. The lowest BCUT2D eigenvalue weighted by atomic mass is 9.55. The molecule has 1 aromatic carbocycles. The topological polar surface area (TPSA) is 69.7 Å². The van der Waals surface area contributed by atoms with Crippen molar-refractivity contribution >= 4 is 6.02 Å². The Morgan fingerprint density at radius 3 is 2.96 bits per heavy atom. The van der Waals surface area contributed by atoms with Crippen LogP contribution in [0.5, 0.6) is 0 Å². The van der Waals surface area contributed by atoms with Crippen LogP contribution in [0.15, 0.2) is 41.5 Å². The fourth-order valence-electron chi connectivity index (χ4n) is 5.09. The molecule has 2 aromatic rings. The van der Waals surface area contributed by atoms with Crippen molar-refractivity contribution < 1.29 is 13.9 Å². The molecule has 27 heavy (non-hydrogen) atoms. The van der Waals surface area contributed by atoms with E-state index in [9.17, 15) is 4.39 Å². The summed E-state index contributed by atoms with van der Waals surface area (Å²) in [6, 6.07) is 9.81. The standard InChI is InChI=1S/C21H22FN3O2/c1-20-6-8-26-11-17(20)21(12-27-19(23)25-21)16-9-13(4-5-14(16)10-20)15-3-2-7-24-18(15)22/h2-5,7,9,17H,6,8,10-12H2,1H3,(H2,23,25)/t17-,20+,21?/m1/s1. The molecule has 1 spiro atoms. The number of fused-ring (bicyclic) bond motifs is 4. The highest BCUT2D eigenvalue weighted by molar-refractivity contribution is 5.75. The Morgan fingerprint density at radius 2 is 2.19 bits per heavy atom. The number of pyridine rings is 1. The second-order valence-electron chi connectivity index (χ2n) is 8.08. The van der Waals surface area contributed by atoms with E-state index in [4.69, 9.17) is 20.2 Å². The van der Waals surface area contributed by atoms with Gasteiger partial charge in [0.1, 0.15) is 12.1 Å². The number of benzene rings is 1. The van der Waals surface area contributed by atoms with Gasteiger partial charge in [-0.25, -0.2) is 9.98 Å². The molecule has 6 heteroatoms. The maximum atomic E-state index is 14.3. The minimum atomic E-state index is -0.582. The number of rotatable bonds is 1. The minimum absolute atomic E-state index is 0.0732. The van der Waals surface area contributed by atoms with Crippen LogP contribution >= 0.6 is 0 Å². The minimum Gasteiger partial charge on any atom is -0.462 e. The zero-order valence-corrected chi connectivity index (χ0v) is 15.2. The SMILES string of the molecule is C[C@@]12CCOC[C@H]1C1(COC(N)=N1)c1cc(-c3cccnc3F)ccc1C2. The molecule has 1 saturated heterocycles. The molecule has 140 valence electrons. The van der Waals surface area contributed by atoms with Crippen molar-refractivity contribution in [2.24, 2.45) is 22.1 Å². The molecule has 0 radical (unpaired) electrons. The molecule has 1 fully saturated rings. The van der Waals surface area contributed by atoms with Gasteiger partial charge in [0.15, 0.2) is 0 Å². The van der Waals surface area contributed by atoms with Crippen molar-refractivity contribution in [2.45, 2.75) is 25.3 Å². The molecule has 2 N–H and O–H groups in total. The van der Waals surface area contributed by atoms with Crippen molar-refractivity contribution in [2.75, 3.05) is 19.8 Å². The van der Waals surface area contributed by atoms with Crippen LogP contribution in [0.4, 0.5) is 4.39 Å². The van der Waals surface area contributed by atoms with Crippen LogP contribution < -0.4 is 5.73 Å². The zero-order chi connectivity index (χ0) is 18.6. The summed E-state index contributed by atoms with van der Waals surface area (Å²) < 4.78 is 25.8. The van der Waals surface area contributed by atoms with Crippen molar-refractivity contribution in [3.8, 4) is 11.1 Å². The molecule has 5 nitrogen and oxygen atoms in total. The molecule has 3 aliphatic rings. The van der Waals surface area contributed by atoms with E-state index < -0.39 is 11.5 Å². The second-order valence-corrected chi connectivity index (χ2v) is 8.08. The van der Waals surface area contributed by atoms with Gasteiger partial charge in [0, 0.05) is 24.3 Å². The highest BCUT2D eigenvalue weighted by atomic mass is 19.1. The van der Waals surface area contributed by atoms with E-state index in [2.05, 4.69) is 18.0 Å². The van der Waals surface area contributed by atoms with Crippen LogP contribution in [0, 0.1) is 17.3 Å². The summed E-state index contributed by atoms with van der Waals surface area (Å²) in [7, 11) is 0. The molecule has 1 aliphatic carbocycles. The van der Waals surface area contributed by atoms with Gasteiger partial charge in [0.2, 0.25) is 5.95 Å². The number of ether oxygens (including phenoxy) is 2. The fourth-order valence-corrected chi connectivity index (χ4v) is 5.09. The molecule has 0 saturated carbocycles. The number of halogens is 1. The summed E-state index contributed by atoms with van der Waals surface area (Å²) in [5.41, 5.74) is 9.02. The van der Waals surface area contributed by atoms with Crippen LogP contribution in [-0.4, -0.2) is 30.8 Å². The third-order valence-corrected chi connectivity index (χ3v) is 6.51. The van der Waals surface area contributed by atoms with Gasteiger partial charge >= 0.3 is 0 Å². The monoisotopic (exact) mass is 367 g/mol. The summed E-state index contributed by atoms with van der Waals surface area (Å²) in [4.78, 5) is 8.58. The predicted octanol–water partition coefficient (Wildman–Crippen LogP) is 3.03.